The molecule has 1 radical (unpaired) electrons. The van der Waals surface area contributed by atoms with Gasteiger partial charge in [0.1, 0.15) is 0 Å². The Balaban J connectivity index is 1.72. The summed E-state index contributed by atoms with van der Waals surface area (Å²) in [6.07, 6.45) is 1.01. The Morgan fingerprint density at radius 3 is 2.83 bits per heavy atom. The normalized spacial score (nSPS) is 16.3. The number of nitrogens with two attached hydrogens (primary N) is 1. The molecule has 7 nitrogen and oxygen atoms in total. The Labute approximate surface area is 186 Å². The average Bonchev–Trinajstić information content (AvgIpc) is 3.22. The van der Waals surface area contributed by atoms with Crippen molar-refractivity contribution in [3.63, 3.8) is 0 Å². The van der Waals surface area contributed by atoms with Crippen molar-refractivity contribution in [1.29, 1.82) is 0 Å². The topological polar surface area (TPSA) is 106 Å². The molecule has 4 N–H and O–H groups in total. The van der Waals surface area contributed by atoms with E-state index in [1.54, 1.807) is 6.07 Å². The third-order valence-electron chi connectivity index (χ3n) is 4.81. The number of halogens is 1. The van der Waals surface area contributed by atoms with E-state index in [1.165, 1.54) is 0 Å². The molecule has 0 bridgehead atoms. The number of benzene rings is 2. The Hall–Kier alpha value is -2.47. The molecule has 1 saturated heterocycles. The number of amides is 1. The van der Waals surface area contributed by atoms with E-state index in [2.05, 4.69) is 20.6 Å². The monoisotopic (exact) mass is 483 g/mol. The molecule has 30 heavy (non-hydrogen) atoms. The zero-order valence-corrected chi connectivity index (χ0v) is 19.0. The average molecular weight is 484 g/mol. The van der Waals surface area contributed by atoms with Crippen molar-refractivity contribution < 1.29 is 4.79 Å². The molecule has 0 aliphatic carbocycles. The van der Waals surface area contributed by atoms with Crippen LogP contribution in [0.1, 0.15) is 22.3 Å². The van der Waals surface area contributed by atoms with Crippen molar-refractivity contribution in [2.24, 2.45) is 5.73 Å². The molecule has 2 aromatic carbocycles. The molecule has 1 aliphatic heterocycles. The second kappa shape index (κ2) is 9.12. The van der Waals surface area contributed by atoms with Gasteiger partial charge in [-0.15, -0.1) is 0 Å². The zero-order chi connectivity index (χ0) is 21.1. The predicted octanol–water partition coefficient (Wildman–Crippen LogP) is 1.03. The summed E-state index contributed by atoms with van der Waals surface area (Å²) in [5.41, 5.74) is 7.87. The molecule has 1 aromatic heterocycles. The molecule has 1 amide bonds. The van der Waals surface area contributed by atoms with Gasteiger partial charge in [-0.25, -0.2) is 0 Å². The molecule has 153 valence electrons. The summed E-state index contributed by atoms with van der Waals surface area (Å²) >= 11 is 5.61. The minimum absolute atomic E-state index is 0.281. The summed E-state index contributed by atoms with van der Waals surface area (Å²) in [7, 11) is 0. The van der Waals surface area contributed by atoms with E-state index in [-0.39, 0.29) is 6.04 Å². The molecule has 1 fully saturated rings. The van der Waals surface area contributed by atoms with Crippen LogP contribution in [0.4, 0.5) is 5.95 Å². The Kier molecular flexibility index (Phi) is 6.32. The zero-order valence-electron chi connectivity index (χ0n) is 16.4. The van der Waals surface area contributed by atoms with E-state index in [0.29, 0.717) is 27.0 Å². The van der Waals surface area contributed by atoms with Gasteiger partial charge in [-0.1, -0.05) is 0 Å². The van der Waals surface area contributed by atoms with Crippen LogP contribution >= 0.6 is 11.6 Å². The number of hydrogen-bond acceptors (Lipinski definition) is 6. The van der Waals surface area contributed by atoms with Crippen molar-refractivity contribution in [3.8, 4) is 11.4 Å². The fourth-order valence-corrected chi connectivity index (χ4v) is 5.39. The first-order valence-electron chi connectivity index (χ1n) is 9.59. The summed E-state index contributed by atoms with van der Waals surface area (Å²) in [4.78, 5) is 25.6. The van der Waals surface area contributed by atoms with Gasteiger partial charge in [0, 0.05) is 0 Å². The van der Waals surface area contributed by atoms with Crippen molar-refractivity contribution >= 4 is 48.2 Å². The molecule has 9 heteroatoms. The molecule has 2 heterocycles. The molecule has 0 saturated carbocycles. The summed E-state index contributed by atoms with van der Waals surface area (Å²) in [5, 5.41) is 7.38. The SMILES string of the molecule is Cc1ccc(C(N)=O)cc1[As]c1nc(NC2CCNC2)nc(-c2cccc(Cl)c2)n1. The number of rotatable bonds is 6. The number of carbonyl (C=O) groups is 1. The van der Waals surface area contributed by atoms with Gasteiger partial charge in [0.05, 0.1) is 0 Å². The van der Waals surface area contributed by atoms with E-state index in [0.717, 1.165) is 35.0 Å². The van der Waals surface area contributed by atoms with E-state index in [1.807, 2.05) is 43.3 Å². The molecule has 1 unspecified atom stereocenters. The number of nitrogens with one attached hydrogen (secondary N) is 2. The molecule has 1 atom stereocenters. The first kappa shape index (κ1) is 20.8. The Morgan fingerprint density at radius 1 is 1.23 bits per heavy atom. The molecule has 4 rings (SSSR count). The van der Waals surface area contributed by atoms with Crippen LogP contribution < -0.4 is 25.3 Å². The number of anilines is 1. The minimum atomic E-state index is -0.569. The number of carbonyl (C=O) groups excluding carboxylic acids is 1. The molecular formula is C21H21AsClN6O. The Morgan fingerprint density at radius 2 is 2.10 bits per heavy atom. The van der Waals surface area contributed by atoms with E-state index >= 15 is 0 Å². The van der Waals surface area contributed by atoms with Crippen molar-refractivity contribution in [3.05, 3.63) is 58.6 Å². The summed E-state index contributed by atoms with van der Waals surface area (Å²) in [6, 6.07) is 13.3. The fourth-order valence-electron chi connectivity index (χ4n) is 3.19. The number of primary amides is 1. The van der Waals surface area contributed by atoms with Crippen LogP contribution in [0.2, 0.25) is 5.02 Å². The van der Waals surface area contributed by atoms with Gasteiger partial charge in [0.2, 0.25) is 0 Å². The second-order valence-electron chi connectivity index (χ2n) is 7.10. The molecule has 3 aromatic rings. The van der Waals surface area contributed by atoms with Gasteiger partial charge in [-0.05, 0) is 0 Å². The number of nitrogens with zero attached hydrogens (tertiary/aromatic N) is 3. The Bertz CT molecular complexity index is 1090. The van der Waals surface area contributed by atoms with Crippen LogP contribution in [-0.2, 0) is 0 Å². The van der Waals surface area contributed by atoms with E-state index in [4.69, 9.17) is 22.3 Å². The fraction of sp³-hybridized carbons (Fsp3) is 0.238. The van der Waals surface area contributed by atoms with Crippen molar-refractivity contribution in [1.82, 2.24) is 20.3 Å². The molecular weight excluding hydrogens is 463 g/mol. The quantitative estimate of drug-likeness (QED) is 0.452. The van der Waals surface area contributed by atoms with Gasteiger partial charge < -0.3 is 0 Å². The van der Waals surface area contributed by atoms with Gasteiger partial charge in [-0.2, -0.15) is 0 Å². The van der Waals surface area contributed by atoms with E-state index < -0.39 is 21.7 Å². The van der Waals surface area contributed by atoms with Gasteiger partial charge in [0.25, 0.3) is 0 Å². The van der Waals surface area contributed by atoms with Gasteiger partial charge in [-0.3, -0.25) is 0 Å². The van der Waals surface area contributed by atoms with Crippen LogP contribution in [0.3, 0.4) is 0 Å². The standard InChI is InChI=1S/C21H21AsClN6O/c1-12-5-6-13(18(24)30)10-17(12)22-20-27-19(14-3-2-4-15(23)9-14)28-21(29-20)26-16-7-8-25-11-16/h2-6,9-10,16,25H,7-8,11H2,1H3,(H2,24,30)(H,26,27,28,29). The van der Waals surface area contributed by atoms with Gasteiger partial charge in [0.15, 0.2) is 0 Å². The van der Waals surface area contributed by atoms with Crippen LogP contribution in [0, 0.1) is 6.92 Å². The number of aromatic nitrogens is 3. The third kappa shape index (κ3) is 4.98. The second-order valence-corrected chi connectivity index (χ2v) is 9.86. The number of aryl methyl sites for hydroxylation is 1. The summed E-state index contributed by atoms with van der Waals surface area (Å²) < 4.78 is 1.74. The van der Waals surface area contributed by atoms with Crippen LogP contribution in [0.5, 0.6) is 0 Å². The molecule has 0 spiro atoms. The first-order valence-corrected chi connectivity index (χ1v) is 11.8. The maximum atomic E-state index is 11.6. The predicted molar refractivity (Wildman–Crippen MR) is 120 cm³/mol. The molecule has 1 aliphatic rings. The number of hydrogen-bond donors (Lipinski definition) is 3. The van der Waals surface area contributed by atoms with Crippen molar-refractivity contribution in [2.45, 2.75) is 19.4 Å². The van der Waals surface area contributed by atoms with Crippen LogP contribution in [-0.4, -0.2) is 55.7 Å². The van der Waals surface area contributed by atoms with Crippen LogP contribution in [0.15, 0.2) is 42.5 Å². The maximum absolute atomic E-state index is 11.6. The summed E-state index contributed by atoms with van der Waals surface area (Å²) in [5.74, 6) is 0.696. The van der Waals surface area contributed by atoms with E-state index in [9.17, 15) is 4.79 Å². The van der Waals surface area contributed by atoms with Gasteiger partial charge >= 0.3 is 187 Å². The van der Waals surface area contributed by atoms with Crippen LogP contribution in [0.25, 0.3) is 11.4 Å². The third-order valence-corrected chi connectivity index (χ3v) is 7.40. The van der Waals surface area contributed by atoms with Crippen molar-refractivity contribution in [2.75, 3.05) is 18.4 Å². The summed E-state index contributed by atoms with van der Waals surface area (Å²) in [6.45, 7) is 3.86. The first-order chi connectivity index (χ1) is 14.5.